The highest BCUT2D eigenvalue weighted by molar-refractivity contribution is 6.33. The molecule has 0 aliphatic carbocycles. The number of carboxylic acids is 1. The average molecular weight is 322 g/mol. The number of carbonyl (C=O) groups excluding carboxylic acids is 1. The van der Waals surface area contributed by atoms with Crippen LogP contribution in [0.5, 0.6) is 0 Å². The summed E-state index contributed by atoms with van der Waals surface area (Å²) in [6.45, 7) is 1.91. The summed E-state index contributed by atoms with van der Waals surface area (Å²) in [5.41, 5.74) is 1.49. The lowest BCUT2D eigenvalue weighted by Crippen LogP contribution is -2.36. The first-order valence-corrected chi connectivity index (χ1v) is 7.22. The topological polar surface area (TPSA) is 86.3 Å². The summed E-state index contributed by atoms with van der Waals surface area (Å²) in [4.78, 5) is 24.5. The lowest BCUT2D eigenvalue weighted by molar-refractivity contribution is -0.137. The number of carbonyl (C=O) groups is 2. The molecule has 0 fully saturated rings. The van der Waals surface area contributed by atoms with Crippen molar-refractivity contribution in [1.82, 2.24) is 15.1 Å². The lowest BCUT2D eigenvalue weighted by atomic mass is 10.1. The van der Waals surface area contributed by atoms with Crippen molar-refractivity contribution in [1.29, 1.82) is 0 Å². The Bertz CT molecular complexity index is 684. The van der Waals surface area contributed by atoms with Gasteiger partial charge >= 0.3 is 5.97 Å². The molecule has 0 unspecified atom stereocenters. The van der Waals surface area contributed by atoms with Crippen LogP contribution in [0, 0.1) is 0 Å². The molecular formula is C15H16ClN3O3. The first kappa shape index (κ1) is 16.0. The van der Waals surface area contributed by atoms with E-state index in [9.17, 15) is 9.59 Å². The number of hydrogen-bond donors (Lipinski definition) is 2. The standard InChI is InChI=1S/C15H16ClN3O3/c1-2-7-19(9-14(20)21)15(22)13-8-12(17-18-13)10-5-3-4-6-11(10)16/h3-6,8H,2,7,9H2,1H3,(H,17,18)(H,20,21). The van der Waals surface area contributed by atoms with Gasteiger partial charge in [-0.15, -0.1) is 0 Å². The number of nitrogens with zero attached hydrogens (tertiary/aromatic N) is 2. The van der Waals surface area contributed by atoms with Crippen molar-refractivity contribution in [3.63, 3.8) is 0 Å². The van der Waals surface area contributed by atoms with Gasteiger partial charge in [-0.2, -0.15) is 5.10 Å². The third kappa shape index (κ3) is 3.65. The molecule has 1 aromatic carbocycles. The largest absolute Gasteiger partial charge is 0.480 e. The molecule has 1 heterocycles. The van der Waals surface area contributed by atoms with E-state index >= 15 is 0 Å². The van der Waals surface area contributed by atoms with Gasteiger partial charge in [-0.3, -0.25) is 14.7 Å². The molecule has 116 valence electrons. The summed E-state index contributed by atoms with van der Waals surface area (Å²) < 4.78 is 0. The molecule has 7 heteroatoms. The molecule has 1 aromatic heterocycles. The van der Waals surface area contributed by atoms with Crippen molar-refractivity contribution in [3.05, 3.63) is 41.0 Å². The van der Waals surface area contributed by atoms with Crippen LogP contribution in [0.2, 0.25) is 5.02 Å². The molecule has 0 saturated heterocycles. The van der Waals surface area contributed by atoms with Gasteiger partial charge in [0.2, 0.25) is 0 Å². The van der Waals surface area contributed by atoms with E-state index in [2.05, 4.69) is 10.2 Å². The van der Waals surface area contributed by atoms with Crippen LogP contribution in [0.3, 0.4) is 0 Å². The van der Waals surface area contributed by atoms with Crippen LogP contribution >= 0.6 is 11.6 Å². The zero-order valence-electron chi connectivity index (χ0n) is 12.0. The van der Waals surface area contributed by atoms with Gasteiger partial charge in [-0.25, -0.2) is 0 Å². The molecule has 1 amide bonds. The number of benzene rings is 1. The number of H-pyrrole nitrogens is 1. The second-order valence-electron chi connectivity index (χ2n) is 4.77. The Morgan fingerprint density at radius 3 is 2.73 bits per heavy atom. The van der Waals surface area contributed by atoms with Crippen LogP contribution in [-0.2, 0) is 4.79 Å². The Balaban J connectivity index is 2.24. The predicted octanol–water partition coefficient (Wildman–Crippen LogP) is 2.67. The summed E-state index contributed by atoms with van der Waals surface area (Å²) >= 11 is 6.10. The van der Waals surface area contributed by atoms with Crippen LogP contribution < -0.4 is 0 Å². The Labute approximate surface area is 132 Å². The highest BCUT2D eigenvalue weighted by atomic mass is 35.5. The van der Waals surface area contributed by atoms with Crippen LogP contribution in [0.25, 0.3) is 11.3 Å². The van der Waals surface area contributed by atoms with Gasteiger partial charge in [-0.05, 0) is 18.6 Å². The number of aromatic nitrogens is 2. The maximum absolute atomic E-state index is 12.4. The first-order chi connectivity index (χ1) is 10.5. The summed E-state index contributed by atoms with van der Waals surface area (Å²) in [5.74, 6) is -1.44. The van der Waals surface area contributed by atoms with Gasteiger partial charge in [-0.1, -0.05) is 36.7 Å². The molecule has 2 N–H and O–H groups in total. The summed E-state index contributed by atoms with van der Waals surface area (Å²) in [6.07, 6.45) is 0.671. The van der Waals surface area contributed by atoms with E-state index in [4.69, 9.17) is 16.7 Å². The van der Waals surface area contributed by atoms with Crippen molar-refractivity contribution in [2.45, 2.75) is 13.3 Å². The molecule has 0 radical (unpaired) electrons. The fourth-order valence-corrected chi connectivity index (χ4v) is 2.33. The molecule has 0 aliphatic rings. The third-order valence-electron chi connectivity index (χ3n) is 3.06. The van der Waals surface area contributed by atoms with Crippen molar-refractivity contribution < 1.29 is 14.7 Å². The Morgan fingerprint density at radius 1 is 1.36 bits per heavy atom. The molecule has 0 saturated carbocycles. The van der Waals surface area contributed by atoms with Gasteiger partial charge in [0, 0.05) is 12.1 Å². The summed E-state index contributed by atoms with van der Waals surface area (Å²) in [6, 6.07) is 8.74. The number of halogens is 1. The lowest BCUT2D eigenvalue weighted by Gasteiger charge is -2.18. The molecule has 6 nitrogen and oxygen atoms in total. The first-order valence-electron chi connectivity index (χ1n) is 6.84. The quantitative estimate of drug-likeness (QED) is 0.856. The Hall–Kier alpha value is -2.34. The minimum atomic E-state index is -1.05. The summed E-state index contributed by atoms with van der Waals surface area (Å²) in [7, 11) is 0. The van der Waals surface area contributed by atoms with Crippen LogP contribution in [0.15, 0.2) is 30.3 Å². The smallest absolute Gasteiger partial charge is 0.323 e. The van der Waals surface area contributed by atoms with E-state index in [0.29, 0.717) is 29.2 Å². The minimum Gasteiger partial charge on any atom is -0.480 e. The van der Waals surface area contributed by atoms with E-state index < -0.39 is 11.9 Å². The molecule has 0 bridgehead atoms. The van der Waals surface area contributed by atoms with Crippen LogP contribution in [0.1, 0.15) is 23.8 Å². The molecule has 22 heavy (non-hydrogen) atoms. The van der Waals surface area contributed by atoms with Gasteiger partial charge in [0.25, 0.3) is 5.91 Å². The monoisotopic (exact) mass is 321 g/mol. The Morgan fingerprint density at radius 2 is 2.09 bits per heavy atom. The fraction of sp³-hybridized carbons (Fsp3) is 0.267. The van der Waals surface area contributed by atoms with Crippen LogP contribution in [0.4, 0.5) is 0 Å². The van der Waals surface area contributed by atoms with Gasteiger partial charge in [0.1, 0.15) is 12.2 Å². The third-order valence-corrected chi connectivity index (χ3v) is 3.39. The zero-order chi connectivity index (χ0) is 16.1. The van der Waals surface area contributed by atoms with Crippen molar-refractivity contribution >= 4 is 23.5 Å². The number of carboxylic acid groups (broad SMARTS) is 1. The fourth-order valence-electron chi connectivity index (χ4n) is 2.09. The number of rotatable bonds is 6. The molecular weight excluding hydrogens is 306 g/mol. The van der Waals surface area contributed by atoms with Gasteiger partial charge in [0.15, 0.2) is 0 Å². The van der Waals surface area contributed by atoms with Crippen molar-refractivity contribution in [2.24, 2.45) is 0 Å². The van der Waals surface area contributed by atoms with Gasteiger partial charge in [0.05, 0.1) is 10.7 Å². The molecule has 2 aromatic rings. The highest BCUT2D eigenvalue weighted by Gasteiger charge is 2.20. The average Bonchev–Trinajstić information content (AvgIpc) is 2.95. The number of aliphatic carboxylic acids is 1. The number of nitrogens with one attached hydrogen (secondary N) is 1. The molecule has 0 spiro atoms. The summed E-state index contributed by atoms with van der Waals surface area (Å²) in [5, 5.41) is 16.2. The van der Waals surface area contributed by atoms with Crippen molar-refractivity contribution in [2.75, 3.05) is 13.1 Å². The predicted molar refractivity (Wildman–Crippen MR) is 82.9 cm³/mol. The van der Waals surface area contributed by atoms with Gasteiger partial charge < -0.3 is 10.0 Å². The van der Waals surface area contributed by atoms with E-state index in [1.165, 1.54) is 4.90 Å². The second-order valence-corrected chi connectivity index (χ2v) is 5.17. The van der Waals surface area contributed by atoms with Crippen molar-refractivity contribution in [3.8, 4) is 11.3 Å². The normalized spacial score (nSPS) is 10.5. The van der Waals surface area contributed by atoms with E-state index in [-0.39, 0.29) is 12.2 Å². The zero-order valence-corrected chi connectivity index (χ0v) is 12.8. The highest BCUT2D eigenvalue weighted by Crippen LogP contribution is 2.26. The van der Waals surface area contributed by atoms with E-state index in [1.54, 1.807) is 24.3 Å². The van der Waals surface area contributed by atoms with E-state index in [0.717, 1.165) is 0 Å². The number of amides is 1. The maximum atomic E-state index is 12.4. The minimum absolute atomic E-state index is 0.240. The van der Waals surface area contributed by atoms with Crippen LogP contribution in [-0.4, -0.2) is 45.2 Å². The molecule has 2 rings (SSSR count). The van der Waals surface area contributed by atoms with E-state index in [1.807, 2.05) is 13.0 Å². The Kier molecular flexibility index (Phi) is 5.16. The second kappa shape index (κ2) is 7.09. The number of aromatic amines is 1. The molecule has 0 atom stereocenters. The SMILES string of the molecule is CCCN(CC(=O)O)C(=O)c1cc(-c2ccccc2Cl)n[nH]1. The molecule has 0 aliphatic heterocycles. The number of hydrogen-bond acceptors (Lipinski definition) is 3. The maximum Gasteiger partial charge on any atom is 0.323 e.